The molecule has 0 aliphatic carbocycles. The number of nitrogens with two attached hydrogens (primary N) is 1. The Morgan fingerprint density at radius 1 is 1.24 bits per heavy atom. The average Bonchev–Trinajstić information content (AvgIpc) is 2.93. The highest BCUT2D eigenvalue weighted by Crippen LogP contribution is 2.43. The second-order valence-electron chi connectivity index (χ2n) is 7.85. The van der Waals surface area contributed by atoms with Crippen LogP contribution >= 0.6 is 11.6 Å². The number of ether oxygens (including phenoxy) is 3. The van der Waals surface area contributed by atoms with Gasteiger partial charge < -0.3 is 29.7 Å². The minimum absolute atomic E-state index is 0.196. The number of aliphatic imine (C=N–C) groups is 1. The lowest BCUT2D eigenvalue weighted by Crippen LogP contribution is -2.28. The molecule has 3 rings (SSSR count). The maximum absolute atomic E-state index is 13.2. The van der Waals surface area contributed by atoms with Gasteiger partial charge in [-0.2, -0.15) is 0 Å². The number of methoxy groups -OCH3 is 3. The number of aromatic nitrogens is 1. The molecule has 10 nitrogen and oxygen atoms in total. The van der Waals surface area contributed by atoms with Crippen molar-refractivity contribution in [3.63, 3.8) is 0 Å². The van der Waals surface area contributed by atoms with Gasteiger partial charge in [0.15, 0.2) is 0 Å². The van der Waals surface area contributed by atoms with Crippen LogP contribution in [0.2, 0.25) is 5.02 Å². The van der Waals surface area contributed by atoms with Gasteiger partial charge in [0, 0.05) is 42.1 Å². The van der Waals surface area contributed by atoms with Crippen molar-refractivity contribution in [1.82, 2.24) is 10.3 Å². The van der Waals surface area contributed by atoms with Gasteiger partial charge in [0.05, 0.1) is 49.2 Å². The minimum Gasteiger partial charge on any atom is -0.496 e. The molecule has 0 radical (unpaired) electrons. The van der Waals surface area contributed by atoms with Crippen molar-refractivity contribution in [3.8, 4) is 22.8 Å². The summed E-state index contributed by atoms with van der Waals surface area (Å²) in [5, 5.41) is 3.64. The number of allylic oxidation sites excluding steroid dienone is 1. The van der Waals surface area contributed by atoms with Gasteiger partial charge in [-0.1, -0.05) is 25.1 Å². The predicted octanol–water partition coefficient (Wildman–Crippen LogP) is 3.63. The van der Waals surface area contributed by atoms with Crippen molar-refractivity contribution >= 4 is 34.0 Å². The van der Waals surface area contributed by atoms with Crippen molar-refractivity contribution in [3.05, 3.63) is 75.6 Å². The molecule has 0 unspecified atom stereocenters. The van der Waals surface area contributed by atoms with Crippen LogP contribution in [0, 0.1) is 0 Å². The molecule has 0 saturated heterocycles. The van der Waals surface area contributed by atoms with E-state index in [1.807, 2.05) is 6.92 Å². The highest BCUT2D eigenvalue weighted by molar-refractivity contribution is 6.35. The van der Waals surface area contributed by atoms with Crippen LogP contribution < -0.4 is 26.1 Å². The summed E-state index contributed by atoms with van der Waals surface area (Å²) in [6, 6.07) is 4.89. The number of hydrogen-bond donors (Lipinski definition) is 2. The Hall–Kier alpha value is -4.15. The SMILES string of the molecule is C=CC(=O)NC(=CN)C(=NCCOC)c1cc2c(=O)oc(-c3c(Cl)c(OC)cc(OC)c3CC)cc2cn1. The molecule has 0 fully saturated rings. The smallest absolute Gasteiger partial charge is 0.344 e. The zero-order chi connectivity index (χ0) is 27.8. The van der Waals surface area contributed by atoms with E-state index in [1.54, 1.807) is 26.4 Å². The minimum atomic E-state index is -0.620. The Balaban J connectivity index is 2.20. The van der Waals surface area contributed by atoms with Crippen molar-refractivity contribution in [2.75, 3.05) is 34.5 Å². The normalized spacial score (nSPS) is 11.9. The Bertz CT molecular complexity index is 1480. The van der Waals surface area contributed by atoms with Gasteiger partial charge in [-0.05, 0) is 24.6 Å². The number of nitrogens with one attached hydrogen (secondary N) is 1. The van der Waals surface area contributed by atoms with Gasteiger partial charge >= 0.3 is 5.63 Å². The first-order valence-corrected chi connectivity index (χ1v) is 12.0. The van der Waals surface area contributed by atoms with Gasteiger partial charge in [-0.25, -0.2) is 4.79 Å². The van der Waals surface area contributed by atoms with Crippen LogP contribution in [0.25, 0.3) is 22.1 Å². The Labute approximate surface area is 224 Å². The van der Waals surface area contributed by atoms with E-state index in [1.165, 1.54) is 25.6 Å². The maximum Gasteiger partial charge on any atom is 0.344 e. The molecule has 0 saturated carbocycles. The number of pyridine rings is 1. The zero-order valence-corrected chi connectivity index (χ0v) is 22.3. The molecule has 0 bridgehead atoms. The second-order valence-corrected chi connectivity index (χ2v) is 8.23. The lowest BCUT2D eigenvalue weighted by molar-refractivity contribution is -0.115. The average molecular weight is 541 g/mol. The third kappa shape index (κ3) is 5.87. The fourth-order valence-electron chi connectivity index (χ4n) is 3.84. The van der Waals surface area contributed by atoms with E-state index >= 15 is 0 Å². The Morgan fingerprint density at radius 3 is 2.58 bits per heavy atom. The molecule has 0 aliphatic heterocycles. The summed E-state index contributed by atoms with van der Waals surface area (Å²) >= 11 is 6.65. The third-order valence-corrected chi connectivity index (χ3v) is 6.03. The van der Waals surface area contributed by atoms with Gasteiger partial charge in [0.2, 0.25) is 5.91 Å². The number of amides is 1. The predicted molar refractivity (Wildman–Crippen MR) is 147 cm³/mol. The number of rotatable bonds is 11. The lowest BCUT2D eigenvalue weighted by Gasteiger charge is -2.17. The molecule has 3 aromatic rings. The number of nitrogens with zero attached hydrogens (tertiary/aromatic N) is 2. The third-order valence-electron chi connectivity index (χ3n) is 5.65. The summed E-state index contributed by atoms with van der Waals surface area (Å²) in [6.45, 7) is 5.97. The molecule has 0 aliphatic rings. The van der Waals surface area contributed by atoms with Gasteiger partial charge in [0.1, 0.15) is 23.0 Å². The zero-order valence-electron chi connectivity index (χ0n) is 21.6. The van der Waals surface area contributed by atoms with Crippen molar-refractivity contribution in [2.45, 2.75) is 13.3 Å². The summed E-state index contributed by atoms with van der Waals surface area (Å²) in [5.74, 6) is 0.695. The maximum atomic E-state index is 13.2. The van der Waals surface area contributed by atoms with Crippen molar-refractivity contribution in [2.24, 2.45) is 10.7 Å². The fraction of sp³-hybridized carbons (Fsp3) is 0.259. The lowest BCUT2D eigenvalue weighted by atomic mass is 9.99. The van der Waals surface area contributed by atoms with Crippen LogP contribution in [0.4, 0.5) is 0 Å². The highest BCUT2D eigenvalue weighted by atomic mass is 35.5. The summed E-state index contributed by atoms with van der Waals surface area (Å²) < 4.78 is 21.7. The van der Waals surface area contributed by atoms with Gasteiger partial charge in [0.25, 0.3) is 0 Å². The standard InChI is InChI=1S/C27H29ClN4O6/c1-6-16-20(36-4)12-22(37-5)25(28)24(16)21-10-15-14-31-18(11-17(15)27(34)38-21)26(30-8-9-35-3)19(13-29)32-23(33)7-2/h7,10-14H,2,6,8-9,29H2,1,3-5H3,(H,32,33). The quantitative estimate of drug-likeness (QED) is 0.213. The fourth-order valence-corrected chi connectivity index (χ4v) is 4.18. The molecule has 11 heteroatoms. The molecule has 200 valence electrons. The van der Waals surface area contributed by atoms with Crippen LogP contribution in [-0.4, -0.2) is 51.1 Å². The van der Waals surface area contributed by atoms with Crippen LogP contribution in [0.3, 0.4) is 0 Å². The number of halogens is 1. The molecule has 3 N–H and O–H groups in total. The van der Waals surface area contributed by atoms with Crippen LogP contribution in [0.5, 0.6) is 11.5 Å². The molecule has 38 heavy (non-hydrogen) atoms. The largest absolute Gasteiger partial charge is 0.496 e. The Morgan fingerprint density at radius 2 is 1.97 bits per heavy atom. The molecule has 2 heterocycles. The Kier molecular flexibility index (Phi) is 9.64. The van der Waals surface area contributed by atoms with E-state index in [2.05, 4.69) is 21.9 Å². The summed E-state index contributed by atoms with van der Waals surface area (Å²) in [5.41, 5.74) is 7.16. The number of fused-ring (bicyclic) bond motifs is 1. The van der Waals surface area contributed by atoms with Crippen molar-refractivity contribution < 1.29 is 23.4 Å². The van der Waals surface area contributed by atoms with Crippen LogP contribution in [0.1, 0.15) is 18.2 Å². The second kappa shape index (κ2) is 12.9. The number of carbonyl (C=O) groups excluding carboxylic acids is 1. The summed E-state index contributed by atoms with van der Waals surface area (Å²) in [6.07, 6.45) is 4.36. The van der Waals surface area contributed by atoms with E-state index < -0.39 is 11.5 Å². The first-order chi connectivity index (χ1) is 18.3. The van der Waals surface area contributed by atoms with Gasteiger partial charge in [-0.15, -0.1) is 0 Å². The van der Waals surface area contributed by atoms with E-state index in [0.29, 0.717) is 46.2 Å². The van der Waals surface area contributed by atoms with E-state index in [9.17, 15) is 9.59 Å². The molecule has 0 spiro atoms. The molecule has 0 atom stereocenters. The van der Waals surface area contributed by atoms with Crippen LogP contribution in [0.15, 0.2) is 63.2 Å². The monoisotopic (exact) mass is 540 g/mol. The molecular weight excluding hydrogens is 512 g/mol. The summed E-state index contributed by atoms with van der Waals surface area (Å²) in [4.78, 5) is 34.1. The van der Waals surface area contributed by atoms with Crippen LogP contribution in [-0.2, 0) is 16.0 Å². The number of benzene rings is 1. The van der Waals surface area contributed by atoms with E-state index in [0.717, 1.165) is 11.6 Å². The highest BCUT2D eigenvalue weighted by Gasteiger charge is 2.22. The topological polar surface area (TPSA) is 138 Å². The molecule has 1 aromatic carbocycles. The number of carbonyl (C=O) groups is 1. The first-order valence-electron chi connectivity index (χ1n) is 11.6. The summed E-state index contributed by atoms with van der Waals surface area (Å²) in [7, 11) is 4.58. The van der Waals surface area contributed by atoms with E-state index in [4.69, 9.17) is 36.0 Å². The van der Waals surface area contributed by atoms with Crippen molar-refractivity contribution in [1.29, 1.82) is 0 Å². The molecule has 1 amide bonds. The first kappa shape index (κ1) is 28.4. The molecule has 2 aromatic heterocycles. The molecular formula is C27H29ClN4O6. The van der Waals surface area contributed by atoms with E-state index in [-0.39, 0.29) is 29.1 Å². The number of hydrogen-bond acceptors (Lipinski definition) is 9. The van der Waals surface area contributed by atoms with Gasteiger partial charge in [-0.3, -0.25) is 14.8 Å².